The lowest BCUT2D eigenvalue weighted by Crippen LogP contribution is -2.57. The molecule has 18 heavy (non-hydrogen) atoms. The van der Waals surface area contributed by atoms with E-state index < -0.39 is 4.92 Å². The molecule has 0 aliphatic carbocycles. The second-order valence-electron chi connectivity index (χ2n) is 4.42. The summed E-state index contributed by atoms with van der Waals surface area (Å²) >= 11 is 0. The van der Waals surface area contributed by atoms with Crippen molar-refractivity contribution < 1.29 is 9.72 Å². The van der Waals surface area contributed by atoms with Crippen molar-refractivity contribution >= 4 is 11.6 Å². The molecule has 1 heterocycles. The van der Waals surface area contributed by atoms with E-state index in [9.17, 15) is 14.9 Å². The lowest BCUT2D eigenvalue weighted by Gasteiger charge is -2.35. The second kappa shape index (κ2) is 5.14. The minimum atomic E-state index is -0.447. The summed E-state index contributed by atoms with van der Waals surface area (Å²) in [6.45, 7) is 1.67. The fraction of sp³-hybridized carbons (Fsp3) is 0.417. The molecule has 1 aliphatic rings. The Morgan fingerprint density at radius 2 is 2.06 bits per heavy atom. The monoisotopic (exact) mass is 249 g/mol. The largest absolute Gasteiger partial charge is 0.340 e. The van der Waals surface area contributed by atoms with Crippen molar-refractivity contribution in [2.75, 3.05) is 20.1 Å². The smallest absolute Gasteiger partial charge is 0.269 e. The van der Waals surface area contributed by atoms with Crippen LogP contribution in [-0.4, -0.2) is 41.9 Å². The molecular weight excluding hydrogens is 234 g/mol. The Kier molecular flexibility index (Phi) is 3.57. The molecule has 1 saturated heterocycles. The van der Waals surface area contributed by atoms with E-state index in [-0.39, 0.29) is 24.1 Å². The van der Waals surface area contributed by atoms with Gasteiger partial charge in [-0.25, -0.2) is 0 Å². The number of hydrogen-bond acceptors (Lipinski definition) is 4. The number of amides is 1. The predicted molar refractivity (Wildman–Crippen MR) is 66.2 cm³/mol. The Labute approximate surface area is 105 Å². The van der Waals surface area contributed by atoms with Gasteiger partial charge in [0.2, 0.25) is 5.91 Å². The minimum absolute atomic E-state index is 0.0374. The Morgan fingerprint density at radius 1 is 1.44 bits per heavy atom. The standard InChI is InChI=1S/C12H15N3O3/c1-14(11-7-13-8-11)12(16)6-9-2-4-10(5-3-9)15(17)18/h2-5,11,13H,6-8H2,1H3. The predicted octanol–water partition coefficient (Wildman–Crippen LogP) is 0.567. The van der Waals surface area contributed by atoms with Crippen molar-refractivity contribution in [2.24, 2.45) is 0 Å². The number of benzene rings is 1. The molecule has 0 spiro atoms. The topological polar surface area (TPSA) is 75.5 Å². The van der Waals surface area contributed by atoms with Gasteiger partial charge < -0.3 is 10.2 Å². The van der Waals surface area contributed by atoms with Crippen LogP contribution in [0.15, 0.2) is 24.3 Å². The van der Waals surface area contributed by atoms with Gasteiger partial charge >= 0.3 is 0 Å². The summed E-state index contributed by atoms with van der Waals surface area (Å²) in [5, 5.41) is 13.6. The van der Waals surface area contributed by atoms with Gasteiger partial charge in [0.1, 0.15) is 0 Å². The second-order valence-corrected chi connectivity index (χ2v) is 4.42. The molecule has 1 fully saturated rings. The van der Waals surface area contributed by atoms with Crippen LogP contribution in [0.3, 0.4) is 0 Å². The highest BCUT2D eigenvalue weighted by atomic mass is 16.6. The molecule has 1 aromatic rings. The maximum absolute atomic E-state index is 11.9. The van der Waals surface area contributed by atoms with E-state index in [1.165, 1.54) is 12.1 Å². The third kappa shape index (κ3) is 2.65. The van der Waals surface area contributed by atoms with Crippen molar-refractivity contribution in [3.8, 4) is 0 Å². The average molecular weight is 249 g/mol. The van der Waals surface area contributed by atoms with E-state index in [1.54, 1.807) is 24.1 Å². The van der Waals surface area contributed by atoms with Crippen molar-refractivity contribution in [1.29, 1.82) is 0 Å². The molecule has 0 unspecified atom stereocenters. The van der Waals surface area contributed by atoms with E-state index in [2.05, 4.69) is 5.32 Å². The highest BCUT2D eigenvalue weighted by molar-refractivity contribution is 5.79. The zero-order valence-corrected chi connectivity index (χ0v) is 10.1. The Hall–Kier alpha value is -1.95. The van der Waals surface area contributed by atoms with E-state index in [0.717, 1.165) is 18.7 Å². The average Bonchev–Trinajstić information content (AvgIpc) is 2.27. The van der Waals surface area contributed by atoms with Gasteiger partial charge in [0.25, 0.3) is 5.69 Å². The molecule has 1 N–H and O–H groups in total. The highest BCUT2D eigenvalue weighted by Crippen LogP contribution is 2.13. The number of nitrogens with zero attached hydrogens (tertiary/aromatic N) is 2. The molecule has 0 radical (unpaired) electrons. The van der Waals surface area contributed by atoms with Crippen LogP contribution in [0.4, 0.5) is 5.69 Å². The number of nitro benzene ring substituents is 1. The highest BCUT2D eigenvalue weighted by Gasteiger charge is 2.25. The Balaban J connectivity index is 1.96. The minimum Gasteiger partial charge on any atom is -0.340 e. The van der Waals surface area contributed by atoms with Crippen LogP contribution in [0.25, 0.3) is 0 Å². The third-order valence-corrected chi connectivity index (χ3v) is 3.20. The summed E-state index contributed by atoms with van der Waals surface area (Å²) in [5.41, 5.74) is 0.840. The first-order valence-corrected chi connectivity index (χ1v) is 5.77. The number of likely N-dealkylation sites (N-methyl/N-ethyl adjacent to an activating group) is 1. The van der Waals surface area contributed by atoms with Gasteiger partial charge in [-0.15, -0.1) is 0 Å². The van der Waals surface area contributed by atoms with Crippen molar-refractivity contribution in [2.45, 2.75) is 12.5 Å². The molecule has 6 heteroatoms. The van der Waals surface area contributed by atoms with Crippen LogP contribution < -0.4 is 5.32 Å². The number of carbonyl (C=O) groups is 1. The van der Waals surface area contributed by atoms with Crippen LogP contribution in [-0.2, 0) is 11.2 Å². The number of nitrogens with one attached hydrogen (secondary N) is 1. The van der Waals surface area contributed by atoms with Gasteiger partial charge in [-0.1, -0.05) is 12.1 Å². The number of carbonyl (C=O) groups excluding carboxylic acids is 1. The van der Waals surface area contributed by atoms with Gasteiger partial charge in [-0.05, 0) is 5.56 Å². The summed E-state index contributed by atoms with van der Waals surface area (Å²) < 4.78 is 0. The van der Waals surface area contributed by atoms with Gasteiger partial charge in [0, 0.05) is 32.3 Å². The lowest BCUT2D eigenvalue weighted by atomic mass is 10.1. The first-order chi connectivity index (χ1) is 8.58. The maximum Gasteiger partial charge on any atom is 0.269 e. The number of hydrogen-bond donors (Lipinski definition) is 1. The third-order valence-electron chi connectivity index (χ3n) is 3.20. The van der Waals surface area contributed by atoms with E-state index in [0.29, 0.717) is 0 Å². The fourth-order valence-electron chi connectivity index (χ4n) is 1.79. The number of non-ortho nitro benzene ring substituents is 1. The van der Waals surface area contributed by atoms with E-state index in [4.69, 9.17) is 0 Å². The molecule has 0 aromatic heterocycles. The maximum atomic E-state index is 11.9. The van der Waals surface area contributed by atoms with E-state index >= 15 is 0 Å². The van der Waals surface area contributed by atoms with Crippen LogP contribution in [0.1, 0.15) is 5.56 Å². The SMILES string of the molecule is CN(C(=O)Cc1ccc([N+](=O)[O-])cc1)C1CNC1. The Bertz CT molecular complexity index is 454. The molecular formula is C12H15N3O3. The van der Waals surface area contributed by atoms with Crippen LogP contribution in [0, 0.1) is 10.1 Å². The zero-order valence-electron chi connectivity index (χ0n) is 10.1. The van der Waals surface area contributed by atoms with Crippen molar-refractivity contribution in [3.63, 3.8) is 0 Å². The van der Waals surface area contributed by atoms with Gasteiger partial charge in [-0.3, -0.25) is 14.9 Å². The first-order valence-electron chi connectivity index (χ1n) is 5.77. The lowest BCUT2D eigenvalue weighted by molar-refractivity contribution is -0.384. The van der Waals surface area contributed by atoms with Crippen LogP contribution >= 0.6 is 0 Å². The van der Waals surface area contributed by atoms with Gasteiger partial charge in [0.05, 0.1) is 17.4 Å². The van der Waals surface area contributed by atoms with E-state index in [1.807, 2.05) is 0 Å². The molecule has 0 bridgehead atoms. The normalized spacial score (nSPS) is 14.9. The summed E-state index contributed by atoms with van der Waals surface area (Å²) in [5.74, 6) is 0.0374. The number of rotatable bonds is 4. The quantitative estimate of drug-likeness (QED) is 0.625. The molecule has 1 aliphatic heterocycles. The molecule has 1 aromatic carbocycles. The van der Waals surface area contributed by atoms with Gasteiger partial charge in [0.15, 0.2) is 0 Å². The number of nitro groups is 1. The Morgan fingerprint density at radius 3 is 2.50 bits per heavy atom. The molecule has 6 nitrogen and oxygen atoms in total. The van der Waals surface area contributed by atoms with Crippen molar-refractivity contribution in [3.05, 3.63) is 39.9 Å². The molecule has 2 rings (SSSR count). The van der Waals surface area contributed by atoms with Crippen LogP contribution in [0.5, 0.6) is 0 Å². The summed E-state index contributed by atoms with van der Waals surface area (Å²) in [7, 11) is 1.79. The van der Waals surface area contributed by atoms with Crippen LogP contribution in [0.2, 0.25) is 0 Å². The van der Waals surface area contributed by atoms with Crippen molar-refractivity contribution in [1.82, 2.24) is 10.2 Å². The molecule has 0 saturated carbocycles. The fourth-order valence-corrected chi connectivity index (χ4v) is 1.79. The summed E-state index contributed by atoms with van der Waals surface area (Å²) in [6, 6.07) is 6.38. The molecule has 96 valence electrons. The van der Waals surface area contributed by atoms with Gasteiger partial charge in [-0.2, -0.15) is 0 Å². The molecule has 0 atom stereocenters. The zero-order chi connectivity index (χ0) is 13.1. The first kappa shape index (κ1) is 12.5. The summed E-state index contributed by atoms with van der Waals surface area (Å²) in [4.78, 5) is 23.7. The molecule has 1 amide bonds. The summed E-state index contributed by atoms with van der Waals surface area (Å²) in [6.07, 6.45) is 0.283.